The maximum atomic E-state index is 14.6. The molecule has 9 heteroatoms. The SMILES string of the molecule is Cc1nc2c(F)c(O)c(-c3ccc4nc(N5CC[C@@H](NC6(CF)CC6)C5)ccc4n3)cc2o1. The lowest BCUT2D eigenvalue weighted by atomic mass is 10.1. The van der Waals surface area contributed by atoms with Crippen molar-refractivity contribution in [1.82, 2.24) is 20.3 Å². The van der Waals surface area contributed by atoms with Crippen molar-refractivity contribution in [3.8, 4) is 17.0 Å². The molecular formula is C24H23F2N5O2. The van der Waals surface area contributed by atoms with Crippen molar-refractivity contribution in [2.75, 3.05) is 24.7 Å². The fourth-order valence-corrected chi connectivity index (χ4v) is 4.63. The second-order valence-electron chi connectivity index (χ2n) is 9.06. The number of aromatic nitrogens is 3. The molecule has 0 spiro atoms. The molecule has 1 aliphatic heterocycles. The molecule has 2 aliphatic rings. The molecule has 2 N–H and O–H groups in total. The molecule has 6 rings (SSSR count). The summed E-state index contributed by atoms with van der Waals surface area (Å²) in [5, 5.41) is 13.9. The quantitative estimate of drug-likeness (QED) is 0.469. The third-order valence-electron chi connectivity index (χ3n) is 6.64. The second kappa shape index (κ2) is 7.34. The van der Waals surface area contributed by atoms with E-state index in [0.717, 1.165) is 38.2 Å². The first kappa shape index (κ1) is 20.3. The first-order valence-corrected chi connectivity index (χ1v) is 11.1. The predicted molar refractivity (Wildman–Crippen MR) is 121 cm³/mol. The minimum absolute atomic E-state index is 0.00150. The molecule has 33 heavy (non-hydrogen) atoms. The van der Waals surface area contributed by atoms with Gasteiger partial charge in [-0.15, -0.1) is 0 Å². The van der Waals surface area contributed by atoms with Gasteiger partial charge in [-0.05, 0) is 49.6 Å². The van der Waals surface area contributed by atoms with Crippen LogP contribution in [-0.2, 0) is 0 Å². The van der Waals surface area contributed by atoms with Gasteiger partial charge in [-0.1, -0.05) is 0 Å². The zero-order valence-electron chi connectivity index (χ0n) is 18.1. The monoisotopic (exact) mass is 451 g/mol. The molecule has 3 aromatic heterocycles. The topological polar surface area (TPSA) is 87.3 Å². The zero-order valence-corrected chi connectivity index (χ0v) is 18.1. The summed E-state index contributed by atoms with van der Waals surface area (Å²) in [6, 6.07) is 9.10. The predicted octanol–water partition coefficient (Wildman–Crippen LogP) is 4.26. The number of aryl methyl sites for hydroxylation is 1. The summed E-state index contributed by atoms with van der Waals surface area (Å²) in [6.07, 6.45) is 2.77. The molecule has 1 aliphatic carbocycles. The van der Waals surface area contributed by atoms with E-state index >= 15 is 0 Å². The van der Waals surface area contributed by atoms with E-state index in [1.165, 1.54) is 0 Å². The van der Waals surface area contributed by atoms with Gasteiger partial charge >= 0.3 is 0 Å². The molecule has 1 saturated carbocycles. The Hall–Kier alpha value is -3.33. The molecule has 0 radical (unpaired) electrons. The molecule has 1 saturated heterocycles. The number of pyridine rings is 2. The van der Waals surface area contributed by atoms with Crippen molar-refractivity contribution in [3.05, 3.63) is 42.0 Å². The minimum atomic E-state index is -0.826. The van der Waals surface area contributed by atoms with E-state index in [9.17, 15) is 13.9 Å². The Bertz CT molecular complexity index is 1380. The number of alkyl halides is 1. The fourth-order valence-electron chi connectivity index (χ4n) is 4.63. The maximum Gasteiger partial charge on any atom is 0.195 e. The van der Waals surface area contributed by atoms with Gasteiger partial charge in [0.15, 0.2) is 23.0 Å². The molecule has 4 aromatic rings. The highest BCUT2D eigenvalue weighted by Crippen LogP contribution is 2.38. The Morgan fingerprint density at radius 1 is 1.18 bits per heavy atom. The van der Waals surface area contributed by atoms with Crippen molar-refractivity contribution >= 4 is 28.0 Å². The maximum absolute atomic E-state index is 14.6. The number of oxazole rings is 1. The average Bonchev–Trinajstić information content (AvgIpc) is 3.25. The van der Waals surface area contributed by atoms with Gasteiger partial charge in [-0.25, -0.2) is 23.7 Å². The van der Waals surface area contributed by atoms with Crippen LogP contribution in [0.15, 0.2) is 34.7 Å². The number of phenols is 1. The summed E-state index contributed by atoms with van der Waals surface area (Å²) >= 11 is 0. The van der Waals surface area contributed by atoms with Gasteiger partial charge in [0.05, 0.1) is 16.7 Å². The molecule has 2 fully saturated rings. The molecular weight excluding hydrogens is 428 g/mol. The lowest BCUT2D eigenvalue weighted by molar-refractivity contribution is 0.332. The summed E-state index contributed by atoms with van der Waals surface area (Å²) < 4.78 is 33.3. The van der Waals surface area contributed by atoms with Gasteiger partial charge in [0.2, 0.25) is 0 Å². The largest absolute Gasteiger partial charge is 0.504 e. The van der Waals surface area contributed by atoms with Gasteiger partial charge < -0.3 is 19.7 Å². The standard InChI is InChI=1S/C24H23F2N5O2/c1-13-27-22-19(33-13)10-15(23(32)21(22)26)16-2-3-18-17(28-16)4-5-20(29-18)31-9-6-14(11-31)30-24(12-25)7-8-24/h2-5,10,14,30,32H,6-9,11-12H2,1H3/t14-/m1/s1. The number of halogens is 2. The van der Waals surface area contributed by atoms with E-state index in [1.807, 2.05) is 18.2 Å². The number of nitrogens with zero attached hydrogens (tertiary/aromatic N) is 4. The van der Waals surface area contributed by atoms with E-state index in [0.29, 0.717) is 22.6 Å². The highest BCUT2D eigenvalue weighted by molar-refractivity contribution is 5.87. The second-order valence-corrected chi connectivity index (χ2v) is 9.06. The van der Waals surface area contributed by atoms with Crippen molar-refractivity contribution in [2.45, 2.75) is 37.8 Å². The number of aromatic hydroxyl groups is 1. The molecule has 1 aromatic carbocycles. The molecule has 0 bridgehead atoms. The van der Waals surface area contributed by atoms with E-state index in [-0.39, 0.29) is 34.9 Å². The highest BCUT2D eigenvalue weighted by atomic mass is 19.1. The number of hydrogen-bond donors (Lipinski definition) is 2. The van der Waals surface area contributed by atoms with Crippen molar-refractivity contribution in [1.29, 1.82) is 0 Å². The van der Waals surface area contributed by atoms with Crippen molar-refractivity contribution in [3.63, 3.8) is 0 Å². The lowest BCUT2D eigenvalue weighted by Crippen LogP contribution is -2.43. The Kier molecular flexibility index (Phi) is 4.52. The molecule has 7 nitrogen and oxygen atoms in total. The van der Waals surface area contributed by atoms with Gasteiger partial charge in [-0.3, -0.25) is 0 Å². The molecule has 1 atom stereocenters. The number of hydrogen-bond acceptors (Lipinski definition) is 7. The summed E-state index contributed by atoms with van der Waals surface area (Å²) in [5.74, 6) is -0.170. The van der Waals surface area contributed by atoms with Crippen molar-refractivity contribution in [2.24, 2.45) is 0 Å². The minimum Gasteiger partial charge on any atom is -0.504 e. The van der Waals surface area contributed by atoms with Crippen LogP contribution < -0.4 is 10.2 Å². The number of rotatable bonds is 5. The van der Waals surface area contributed by atoms with Crippen LogP contribution in [0.3, 0.4) is 0 Å². The summed E-state index contributed by atoms with van der Waals surface area (Å²) in [4.78, 5) is 15.5. The molecule has 0 unspecified atom stereocenters. The number of nitrogens with one attached hydrogen (secondary N) is 1. The van der Waals surface area contributed by atoms with Gasteiger partial charge in [0, 0.05) is 37.2 Å². The summed E-state index contributed by atoms with van der Waals surface area (Å²) in [6.45, 7) is 2.95. The number of fused-ring (bicyclic) bond motifs is 2. The molecule has 170 valence electrons. The molecule has 4 heterocycles. The van der Waals surface area contributed by atoms with Crippen LogP contribution >= 0.6 is 0 Å². The van der Waals surface area contributed by atoms with Crippen LogP contribution in [0.5, 0.6) is 5.75 Å². The Labute approximate surface area is 188 Å². The van der Waals surface area contributed by atoms with Gasteiger partial charge in [0.1, 0.15) is 18.0 Å². The first-order chi connectivity index (χ1) is 15.9. The lowest BCUT2D eigenvalue weighted by Gasteiger charge is -2.21. The number of benzene rings is 1. The van der Waals surface area contributed by atoms with Gasteiger partial charge in [-0.2, -0.15) is 0 Å². The van der Waals surface area contributed by atoms with Crippen LogP contribution in [-0.4, -0.2) is 51.4 Å². The van der Waals surface area contributed by atoms with E-state index in [2.05, 4.69) is 20.2 Å². The highest BCUT2D eigenvalue weighted by Gasteiger charge is 2.45. The van der Waals surface area contributed by atoms with Crippen LogP contribution in [0.2, 0.25) is 0 Å². The van der Waals surface area contributed by atoms with Crippen LogP contribution in [0, 0.1) is 12.7 Å². The van der Waals surface area contributed by atoms with Crippen LogP contribution in [0.1, 0.15) is 25.2 Å². The number of anilines is 1. The summed E-state index contributed by atoms with van der Waals surface area (Å²) in [7, 11) is 0. The smallest absolute Gasteiger partial charge is 0.195 e. The van der Waals surface area contributed by atoms with Crippen LogP contribution in [0.25, 0.3) is 33.4 Å². The van der Waals surface area contributed by atoms with E-state index < -0.39 is 11.6 Å². The van der Waals surface area contributed by atoms with Crippen molar-refractivity contribution < 1.29 is 18.3 Å². The Morgan fingerprint density at radius 3 is 2.76 bits per heavy atom. The average molecular weight is 451 g/mol. The Balaban J connectivity index is 1.28. The summed E-state index contributed by atoms with van der Waals surface area (Å²) in [5.41, 5.74) is 1.94. The third kappa shape index (κ3) is 3.47. The van der Waals surface area contributed by atoms with E-state index in [1.54, 1.807) is 19.1 Å². The third-order valence-corrected chi connectivity index (χ3v) is 6.64. The van der Waals surface area contributed by atoms with Crippen LogP contribution in [0.4, 0.5) is 14.6 Å². The zero-order chi connectivity index (χ0) is 22.7. The first-order valence-electron chi connectivity index (χ1n) is 11.1. The Morgan fingerprint density at radius 2 is 1.97 bits per heavy atom. The van der Waals surface area contributed by atoms with E-state index in [4.69, 9.17) is 9.40 Å². The normalized spacial score (nSPS) is 19.6. The fraction of sp³-hybridized carbons (Fsp3) is 0.375. The number of phenolic OH excluding ortho intramolecular Hbond substituents is 1. The molecule has 0 amide bonds. The van der Waals surface area contributed by atoms with Gasteiger partial charge in [0.25, 0.3) is 0 Å².